The quantitative estimate of drug-likeness (QED) is 0.678. The largest absolute Gasteiger partial charge is 0.486 e. The van der Waals surface area contributed by atoms with Crippen molar-refractivity contribution in [2.24, 2.45) is 0 Å². The number of carbonyl (C=O) groups is 1. The van der Waals surface area contributed by atoms with E-state index in [-0.39, 0.29) is 5.91 Å². The molecule has 7 nitrogen and oxygen atoms in total. The summed E-state index contributed by atoms with van der Waals surface area (Å²) in [6.45, 7) is 3.91. The van der Waals surface area contributed by atoms with E-state index in [0.717, 1.165) is 46.2 Å². The average Bonchev–Trinajstić information content (AvgIpc) is 3.26. The number of aromatic nitrogens is 2. The van der Waals surface area contributed by atoms with Crippen LogP contribution in [0.3, 0.4) is 0 Å². The van der Waals surface area contributed by atoms with Crippen LogP contribution in [0.2, 0.25) is 0 Å². The van der Waals surface area contributed by atoms with E-state index >= 15 is 0 Å². The molecule has 1 amide bonds. The molecule has 138 valence electrons. The summed E-state index contributed by atoms with van der Waals surface area (Å²) < 4.78 is 11.4. The number of rotatable bonds is 2. The molecule has 1 saturated heterocycles. The lowest BCUT2D eigenvalue weighted by atomic mass is 10.1. The van der Waals surface area contributed by atoms with Gasteiger partial charge >= 0.3 is 0 Å². The molecule has 2 aliphatic rings. The number of nitrogens with zero attached hydrogens (tertiary/aromatic N) is 4. The zero-order chi connectivity index (χ0) is 18.2. The first kappa shape index (κ1) is 16.3. The van der Waals surface area contributed by atoms with Crippen LogP contribution in [0.1, 0.15) is 9.67 Å². The average molecular weight is 382 g/mol. The molecule has 8 heteroatoms. The molecule has 5 rings (SSSR count). The maximum atomic E-state index is 12.5. The highest BCUT2D eigenvalue weighted by molar-refractivity contribution is 7.12. The van der Waals surface area contributed by atoms with Crippen LogP contribution in [0, 0.1) is 0 Å². The van der Waals surface area contributed by atoms with Crippen LogP contribution in [-0.2, 0) is 0 Å². The summed E-state index contributed by atoms with van der Waals surface area (Å²) in [7, 11) is 0. The van der Waals surface area contributed by atoms with Crippen molar-refractivity contribution in [1.82, 2.24) is 14.9 Å². The maximum Gasteiger partial charge on any atom is 0.264 e. The fourth-order valence-electron chi connectivity index (χ4n) is 3.51. The van der Waals surface area contributed by atoms with E-state index in [0.29, 0.717) is 26.3 Å². The molecular formula is C19H18N4O3S. The van der Waals surface area contributed by atoms with Gasteiger partial charge < -0.3 is 19.3 Å². The Balaban J connectivity index is 1.39. The summed E-state index contributed by atoms with van der Waals surface area (Å²) in [4.78, 5) is 26.3. The maximum absolute atomic E-state index is 12.5. The molecule has 4 heterocycles. The van der Waals surface area contributed by atoms with Gasteiger partial charge in [0.2, 0.25) is 0 Å². The highest BCUT2D eigenvalue weighted by Gasteiger charge is 2.25. The second kappa shape index (κ2) is 6.70. The van der Waals surface area contributed by atoms with Gasteiger partial charge in [-0.2, -0.15) is 0 Å². The van der Waals surface area contributed by atoms with Crippen LogP contribution in [-0.4, -0.2) is 60.2 Å². The van der Waals surface area contributed by atoms with Gasteiger partial charge in [-0.15, -0.1) is 11.3 Å². The van der Waals surface area contributed by atoms with Crippen molar-refractivity contribution in [1.29, 1.82) is 0 Å². The molecule has 0 unspecified atom stereocenters. The Morgan fingerprint density at radius 2 is 1.81 bits per heavy atom. The van der Waals surface area contributed by atoms with Crippen molar-refractivity contribution in [2.45, 2.75) is 0 Å². The van der Waals surface area contributed by atoms with Crippen molar-refractivity contribution in [3.8, 4) is 11.5 Å². The molecule has 3 aromatic rings. The fourth-order valence-corrected chi connectivity index (χ4v) is 4.20. The van der Waals surface area contributed by atoms with Crippen molar-refractivity contribution in [3.63, 3.8) is 0 Å². The third-order valence-electron chi connectivity index (χ3n) is 4.88. The molecule has 0 radical (unpaired) electrons. The standard InChI is InChI=1S/C19H18N4O3S/c24-19(17-2-1-9-27-17)23-5-3-22(4-6-23)18-13-10-15-16(26-8-7-25-15)11-14(13)20-12-21-18/h1-2,9-12H,3-8H2. The molecule has 0 saturated carbocycles. The van der Waals surface area contributed by atoms with Crippen LogP contribution in [0.25, 0.3) is 10.9 Å². The van der Waals surface area contributed by atoms with Gasteiger partial charge in [-0.25, -0.2) is 9.97 Å². The summed E-state index contributed by atoms with van der Waals surface area (Å²) >= 11 is 1.49. The Hall–Kier alpha value is -2.87. The second-order valence-corrected chi connectivity index (χ2v) is 7.41. The number of benzene rings is 1. The first-order valence-corrected chi connectivity index (χ1v) is 9.79. The number of piperazine rings is 1. The Labute approximate surface area is 160 Å². The van der Waals surface area contributed by atoms with Crippen LogP contribution >= 0.6 is 11.3 Å². The Kier molecular flexibility index (Phi) is 4.05. The Morgan fingerprint density at radius 1 is 1.04 bits per heavy atom. The number of fused-ring (bicyclic) bond motifs is 2. The van der Waals surface area contributed by atoms with Gasteiger partial charge in [-0.05, 0) is 17.5 Å². The first-order valence-electron chi connectivity index (χ1n) is 8.92. The Bertz CT molecular complexity index is 984. The van der Waals surface area contributed by atoms with E-state index in [1.54, 1.807) is 6.33 Å². The molecule has 1 aromatic carbocycles. The second-order valence-electron chi connectivity index (χ2n) is 6.47. The zero-order valence-corrected chi connectivity index (χ0v) is 15.4. The van der Waals surface area contributed by atoms with Crippen LogP contribution in [0.15, 0.2) is 36.0 Å². The van der Waals surface area contributed by atoms with E-state index in [1.165, 1.54) is 11.3 Å². The van der Waals surface area contributed by atoms with Gasteiger partial charge in [0.1, 0.15) is 25.4 Å². The SMILES string of the molecule is O=C(c1cccs1)N1CCN(c2ncnc3cc4c(cc23)OCCO4)CC1. The number of hydrogen-bond donors (Lipinski definition) is 0. The summed E-state index contributed by atoms with van der Waals surface area (Å²) in [6, 6.07) is 7.66. The summed E-state index contributed by atoms with van der Waals surface area (Å²) in [6.07, 6.45) is 1.58. The highest BCUT2D eigenvalue weighted by atomic mass is 32.1. The fraction of sp³-hybridized carbons (Fsp3) is 0.316. The van der Waals surface area contributed by atoms with Gasteiger partial charge in [-0.3, -0.25) is 4.79 Å². The lowest BCUT2D eigenvalue weighted by molar-refractivity contribution is 0.0751. The molecule has 0 N–H and O–H groups in total. The Morgan fingerprint density at radius 3 is 2.56 bits per heavy atom. The third kappa shape index (κ3) is 2.95. The molecule has 0 aliphatic carbocycles. The number of hydrogen-bond acceptors (Lipinski definition) is 7. The smallest absolute Gasteiger partial charge is 0.264 e. The topological polar surface area (TPSA) is 67.8 Å². The van der Waals surface area contributed by atoms with Crippen molar-refractivity contribution in [3.05, 3.63) is 40.8 Å². The number of amides is 1. The van der Waals surface area contributed by atoms with Crippen molar-refractivity contribution in [2.75, 3.05) is 44.3 Å². The predicted octanol–water partition coefficient (Wildman–Crippen LogP) is 2.42. The monoisotopic (exact) mass is 382 g/mol. The molecule has 0 bridgehead atoms. The van der Waals surface area contributed by atoms with Gasteiger partial charge in [0.15, 0.2) is 11.5 Å². The van der Waals surface area contributed by atoms with Crippen molar-refractivity contribution < 1.29 is 14.3 Å². The minimum Gasteiger partial charge on any atom is -0.486 e. The molecular weight excluding hydrogens is 364 g/mol. The number of carbonyl (C=O) groups excluding carboxylic acids is 1. The van der Waals surface area contributed by atoms with Crippen LogP contribution < -0.4 is 14.4 Å². The van der Waals surface area contributed by atoms with Crippen molar-refractivity contribution >= 4 is 34.0 Å². The summed E-state index contributed by atoms with van der Waals surface area (Å²) in [5.74, 6) is 2.44. The summed E-state index contributed by atoms with van der Waals surface area (Å²) in [5.41, 5.74) is 0.835. The van der Waals surface area contributed by atoms with Crippen LogP contribution in [0.5, 0.6) is 11.5 Å². The number of anilines is 1. The molecule has 0 spiro atoms. The van der Waals surface area contributed by atoms with E-state index in [4.69, 9.17) is 9.47 Å². The normalized spacial score (nSPS) is 16.6. The molecule has 0 atom stereocenters. The van der Waals surface area contributed by atoms with Gasteiger partial charge in [0, 0.05) is 37.6 Å². The molecule has 27 heavy (non-hydrogen) atoms. The van der Waals surface area contributed by atoms with Gasteiger partial charge in [0.25, 0.3) is 5.91 Å². The lowest BCUT2D eigenvalue weighted by Crippen LogP contribution is -2.49. The number of thiophene rings is 1. The van der Waals surface area contributed by atoms with Gasteiger partial charge in [0.05, 0.1) is 10.4 Å². The van der Waals surface area contributed by atoms with E-state index in [1.807, 2.05) is 34.5 Å². The first-order chi connectivity index (χ1) is 13.3. The summed E-state index contributed by atoms with van der Waals surface area (Å²) in [5, 5.41) is 2.88. The third-order valence-corrected chi connectivity index (χ3v) is 5.73. The van der Waals surface area contributed by atoms with E-state index in [2.05, 4.69) is 14.9 Å². The van der Waals surface area contributed by atoms with Crippen LogP contribution in [0.4, 0.5) is 5.82 Å². The molecule has 2 aliphatic heterocycles. The van der Waals surface area contributed by atoms with Gasteiger partial charge in [-0.1, -0.05) is 6.07 Å². The lowest BCUT2D eigenvalue weighted by Gasteiger charge is -2.35. The zero-order valence-electron chi connectivity index (χ0n) is 14.6. The van der Waals surface area contributed by atoms with E-state index < -0.39 is 0 Å². The minimum atomic E-state index is 0.108. The minimum absolute atomic E-state index is 0.108. The molecule has 1 fully saturated rings. The number of ether oxygens (including phenoxy) is 2. The predicted molar refractivity (Wildman–Crippen MR) is 103 cm³/mol. The highest BCUT2D eigenvalue weighted by Crippen LogP contribution is 2.36. The van der Waals surface area contributed by atoms with E-state index in [9.17, 15) is 4.79 Å². The molecule has 2 aromatic heterocycles.